The minimum Gasteiger partial charge on any atom is -0.467 e. The first-order chi connectivity index (χ1) is 15.6. The second kappa shape index (κ2) is 9.77. The van der Waals surface area contributed by atoms with Gasteiger partial charge in [-0.3, -0.25) is 14.5 Å². The molecule has 32 heavy (non-hydrogen) atoms. The molecule has 1 saturated heterocycles. The number of carbonyl (C=O) groups excluding carboxylic acids is 2. The highest BCUT2D eigenvalue weighted by Crippen LogP contribution is 2.41. The maximum absolute atomic E-state index is 13.4. The normalized spacial score (nSPS) is 17.2. The molecule has 1 aliphatic heterocycles. The maximum Gasteiger partial charge on any atom is 0.265 e. The van der Waals surface area contributed by atoms with E-state index in [0.717, 1.165) is 5.56 Å². The molecular weight excluding hydrogens is 446 g/mol. The summed E-state index contributed by atoms with van der Waals surface area (Å²) in [5, 5.41) is 13.0. The molecule has 1 aromatic heterocycles. The molecule has 3 aromatic rings. The lowest BCUT2D eigenvalue weighted by Gasteiger charge is -2.18. The lowest BCUT2D eigenvalue weighted by atomic mass is 10.1. The van der Waals surface area contributed by atoms with Crippen LogP contribution in [-0.4, -0.2) is 17.1 Å². The van der Waals surface area contributed by atoms with E-state index < -0.39 is 11.2 Å². The van der Waals surface area contributed by atoms with Crippen LogP contribution in [-0.2, 0) is 22.6 Å². The Labute approximate surface area is 194 Å². The van der Waals surface area contributed by atoms with E-state index in [4.69, 9.17) is 16.0 Å². The Bertz CT molecular complexity index is 1190. The molecule has 1 fully saturated rings. The van der Waals surface area contributed by atoms with Crippen LogP contribution in [0.2, 0.25) is 5.02 Å². The fourth-order valence-corrected chi connectivity index (χ4v) is 4.74. The van der Waals surface area contributed by atoms with Crippen LogP contribution in [0.4, 0.5) is 5.69 Å². The van der Waals surface area contributed by atoms with Crippen molar-refractivity contribution in [3.05, 3.63) is 99.9 Å². The van der Waals surface area contributed by atoms with Crippen LogP contribution < -0.4 is 10.2 Å². The highest BCUT2D eigenvalue weighted by Gasteiger charge is 2.40. The summed E-state index contributed by atoms with van der Waals surface area (Å²) in [5.74, 6) is -0.179. The predicted octanol–water partition coefficient (Wildman–Crippen LogP) is 4.68. The number of hydrogen-bond acceptors (Lipinski definition) is 5. The molecule has 0 aliphatic carbocycles. The van der Waals surface area contributed by atoms with Crippen molar-refractivity contribution in [3.8, 4) is 6.07 Å². The summed E-state index contributed by atoms with van der Waals surface area (Å²) in [7, 11) is 0. The minimum atomic E-state index is -0.563. The quantitative estimate of drug-likeness (QED) is 0.424. The largest absolute Gasteiger partial charge is 0.467 e. The van der Waals surface area contributed by atoms with Gasteiger partial charge in [0.25, 0.3) is 5.91 Å². The Morgan fingerprint density at radius 2 is 1.88 bits per heavy atom. The second-order valence-corrected chi connectivity index (χ2v) is 8.63. The third kappa shape index (κ3) is 4.72. The smallest absolute Gasteiger partial charge is 0.265 e. The number of anilines is 1. The Morgan fingerprint density at radius 1 is 1.12 bits per heavy atom. The Morgan fingerprint density at radius 3 is 2.53 bits per heavy atom. The number of hydrogen-bond donors (Lipinski definition) is 1. The molecule has 2 amide bonds. The van der Waals surface area contributed by atoms with E-state index >= 15 is 0 Å². The zero-order valence-corrected chi connectivity index (χ0v) is 18.4. The summed E-state index contributed by atoms with van der Waals surface area (Å²) >= 11 is 7.19. The molecule has 0 spiro atoms. The van der Waals surface area contributed by atoms with Crippen molar-refractivity contribution in [1.82, 2.24) is 5.32 Å². The van der Waals surface area contributed by atoms with E-state index in [2.05, 4.69) is 5.32 Å². The van der Waals surface area contributed by atoms with Crippen molar-refractivity contribution in [1.29, 1.82) is 5.26 Å². The van der Waals surface area contributed by atoms with Crippen molar-refractivity contribution in [2.24, 2.45) is 0 Å². The van der Waals surface area contributed by atoms with Crippen LogP contribution >= 0.6 is 23.4 Å². The summed E-state index contributed by atoms with van der Waals surface area (Å²) in [4.78, 5) is 27.7. The van der Waals surface area contributed by atoms with Gasteiger partial charge < -0.3 is 9.73 Å². The topological polar surface area (TPSA) is 86.3 Å². The van der Waals surface area contributed by atoms with Gasteiger partial charge in [0.05, 0.1) is 18.1 Å². The van der Waals surface area contributed by atoms with Gasteiger partial charge in [0, 0.05) is 10.7 Å². The third-order valence-corrected chi connectivity index (χ3v) is 6.37. The van der Waals surface area contributed by atoms with Crippen LogP contribution in [0, 0.1) is 11.3 Å². The number of rotatable bonds is 6. The van der Waals surface area contributed by atoms with E-state index in [-0.39, 0.29) is 18.0 Å². The van der Waals surface area contributed by atoms with Gasteiger partial charge >= 0.3 is 0 Å². The highest BCUT2D eigenvalue weighted by molar-refractivity contribution is 8.05. The predicted molar refractivity (Wildman–Crippen MR) is 124 cm³/mol. The Kier molecular flexibility index (Phi) is 6.64. The molecule has 2 aromatic carbocycles. The van der Waals surface area contributed by atoms with Crippen molar-refractivity contribution in [2.45, 2.75) is 18.2 Å². The molecule has 4 rings (SSSR count). The average molecular weight is 464 g/mol. The number of para-hydroxylation sites is 1. The third-order valence-electron chi connectivity index (χ3n) is 4.86. The van der Waals surface area contributed by atoms with Crippen molar-refractivity contribution in [2.75, 3.05) is 4.90 Å². The van der Waals surface area contributed by atoms with Crippen molar-refractivity contribution >= 4 is 40.9 Å². The molecule has 0 saturated carbocycles. The van der Waals surface area contributed by atoms with Crippen LogP contribution in [0.25, 0.3) is 0 Å². The van der Waals surface area contributed by atoms with Gasteiger partial charge in [-0.1, -0.05) is 53.7 Å². The highest BCUT2D eigenvalue weighted by atomic mass is 35.5. The monoisotopic (exact) mass is 463 g/mol. The Balaban J connectivity index is 1.66. The molecular formula is C24H18ClN3O3S. The standard InChI is InChI=1S/C24H18ClN3O3S/c25-17-10-8-16(9-11-17)13-21-23(30)28(18-5-2-1-3-6-18)24(32-21)20(14-26)22(29)27-15-19-7-4-12-31-19/h1-12,21H,13,15H2,(H,27,29). The molecule has 0 bridgehead atoms. The number of amides is 2. The first kappa shape index (κ1) is 21.8. The van der Waals surface area contributed by atoms with Crippen LogP contribution in [0.1, 0.15) is 11.3 Å². The molecule has 1 unspecified atom stereocenters. The number of benzene rings is 2. The number of nitrogens with zero attached hydrogens (tertiary/aromatic N) is 2. The summed E-state index contributed by atoms with van der Waals surface area (Å²) in [6, 6.07) is 21.7. The van der Waals surface area contributed by atoms with Crippen molar-refractivity contribution in [3.63, 3.8) is 0 Å². The van der Waals surface area contributed by atoms with Gasteiger partial charge in [-0.05, 0) is 48.4 Å². The van der Waals surface area contributed by atoms with E-state index in [1.54, 1.807) is 48.5 Å². The SMILES string of the molecule is N#CC(C(=O)NCc1ccco1)=C1SC(Cc2ccc(Cl)cc2)C(=O)N1c1ccccc1. The molecule has 0 radical (unpaired) electrons. The number of furan rings is 1. The van der Waals surface area contributed by atoms with Crippen molar-refractivity contribution < 1.29 is 14.0 Å². The van der Waals surface area contributed by atoms with Gasteiger partial charge in [-0.2, -0.15) is 5.26 Å². The number of carbonyl (C=O) groups is 2. The lowest BCUT2D eigenvalue weighted by molar-refractivity contribution is -0.117. The molecule has 2 heterocycles. The van der Waals surface area contributed by atoms with Gasteiger partial charge in [0.1, 0.15) is 22.4 Å². The zero-order valence-electron chi connectivity index (χ0n) is 16.8. The van der Waals surface area contributed by atoms with Gasteiger partial charge in [0.2, 0.25) is 5.91 Å². The fourth-order valence-electron chi connectivity index (χ4n) is 3.30. The molecule has 1 N–H and O–H groups in total. The van der Waals surface area contributed by atoms with Gasteiger partial charge in [-0.15, -0.1) is 0 Å². The first-order valence-corrected chi connectivity index (χ1v) is 11.1. The van der Waals surface area contributed by atoms with Gasteiger partial charge in [-0.25, -0.2) is 0 Å². The summed E-state index contributed by atoms with van der Waals surface area (Å²) in [6.07, 6.45) is 1.95. The zero-order chi connectivity index (χ0) is 22.5. The van der Waals surface area contributed by atoms with E-state index in [1.807, 2.05) is 24.3 Å². The fraction of sp³-hybridized carbons (Fsp3) is 0.125. The molecule has 1 aliphatic rings. The van der Waals surface area contributed by atoms with E-state index in [1.165, 1.54) is 22.9 Å². The number of thioether (sulfide) groups is 1. The average Bonchev–Trinajstić information content (AvgIpc) is 3.43. The molecule has 160 valence electrons. The number of nitriles is 1. The first-order valence-electron chi connectivity index (χ1n) is 9.82. The molecule has 8 heteroatoms. The minimum absolute atomic E-state index is 0.114. The summed E-state index contributed by atoms with van der Waals surface area (Å²) in [5.41, 5.74) is 1.43. The second-order valence-electron chi connectivity index (χ2n) is 7.00. The van der Waals surface area contributed by atoms with E-state index in [0.29, 0.717) is 27.9 Å². The van der Waals surface area contributed by atoms with Gasteiger partial charge in [0.15, 0.2) is 0 Å². The lowest BCUT2D eigenvalue weighted by Crippen LogP contribution is -2.32. The molecule has 6 nitrogen and oxygen atoms in total. The van der Waals surface area contributed by atoms with Crippen LogP contribution in [0.3, 0.4) is 0 Å². The van der Waals surface area contributed by atoms with Crippen LogP contribution in [0.15, 0.2) is 88.0 Å². The molecule has 1 atom stereocenters. The van der Waals surface area contributed by atoms with E-state index in [9.17, 15) is 14.9 Å². The summed E-state index contributed by atoms with van der Waals surface area (Å²) in [6.45, 7) is 0.141. The maximum atomic E-state index is 13.4. The summed E-state index contributed by atoms with van der Waals surface area (Å²) < 4.78 is 5.23. The number of nitrogens with one attached hydrogen (secondary N) is 1. The Hall–Kier alpha value is -3.47. The van der Waals surface area contributed by atoms with Crippen LogP contribution in [0.5, 0.6) is 0 Å². The number of halogens is 1.